The highest BCUT2D eigenvalue weighted by atomic mass is 16.3. The van der Waals surface area contributed by atoms with Gasteiger partial charge in [-0.15, -0.1) is 0 Å². The lowest BCUT2D eigenvalue weighted by Gasteiger charge is -2.25. The van der Waals surface area contributed by atoms with Crippen molar-refractivity contribution in [2.45, 2.75) is 39.3 Å². The molecule has 0 bridgehead atoms. The third kappa shape index (κ3) is 5.14. The second kappa shape index (κ2) is 10.1. The summed E-state index contributed by atoms with van der Waals surface area (Å²) in [6, 6.07) is 22.0. The summed E-state index contributed by atoms with van der Waals surface area (Å²) in [6.45, 7) is 5.26. The molecule has 4 rings (SSSR count). The van der Waals surface area contributed by atoms with Crippen molar-refractivity contribution in [2.24, 2.45) is 0 Å². The van der Waals surface area contributed by atoms with Gasteiger partial charge in [0.1, 0.15) is 5.82 Å². The van der Waals surface area contributed by atoms with Gasteiger partial charge in [0.15, 0.2) is 11.6 Å². The van der Waals surface area contributed by atoms with E-state index in [1.165, 1.54) is 0 Å². The van der Waals surface area contributed by atoms with Crippen LogP contribution in [0.25, 0.3) is 22.5 Å². The molecule has 4 aromatic rings. The first-order valence-corrected chi connectivity index (χ1v) is 11.0. The zero-order valence-corrected chi connectivity index (χ0v) is 18.5. The molecule has 164 valence electrons. The quantitative estimate of drug-likeness (QED) is 0.397. The molecule has 0 radical (unpaired) electrons. The zero-order chi connectivity index (χ0) is 22.3. The fraction of sp³-hybridized carbons (Fsp3) is 0.269. The summed E-state index contributed by atoms with van der Waals surface area (Å²) in [4.78, 5) is 24.3. The lowest BCUT2D eigenvalue weighted by molar-refractivity contribution is -0.121. The monoisotopic (exact) mass is 428 g/mol. The van der Waals surface area contributed by atoms with Crippen molar-refractivity contribution in [3.63, 3.8) is 0 Å². The van der Waals surface area contributed by atoms with E-state index < -0.39 is 0 Å². The number of hydrogen-bond acceptors (Lipinski definition) is 5. The smallest absolute Gasteiger partial charge is 0.221 e. The summed E-state index contributed by atoms with van der Waals surface area (Å²) in [5.74, 6) is 1.99. The molecular formula is C26H28N4O2. The molecule has 1 N–H and O–H groups in total. The van der Waals surface area contributed by atoms with E-state index in [1.807, 2.05) is 61.5 Å². The van der Waals surface area contributed by atoms with Gasteiger partial charge in [-0.25, -0.2) is 9.97 Å². The van der Waals surface area contributed by atoms with Gasteiger partial charge in [-0.05, 0) is 43.2 Å². The van der Waals surface area contributed by atoms with Crippen LogP contribution in [-0.2, 0) is 11.3 Å². The molecule has 1 unspecified atom stereocenters. The molecule has 2 heterocycles. The van der Waals surface area contributed by atoms with E-state index in [4.69, 9.17) is 14.4 Å². The lowest BCUT2D eigenvalue weighted by Crippen LogP contribution is -2.35. The number of hydrogen-bond donors (Lipinski definition) is 1. The molecule has 6 heteroatoms. The van der Waals surface area contributed by atoms with Crippen molar-refractivity contribution in [2.75, 3.05) is 11.4 Å². The van der Waals surface area contributed by atoms with E-state index in [9.17, 15) is 4.79 Å². The summed E-state index contributed by atoms with van der Waals surface area (Å²) >= 11 is 0. The number of aromatic nitrogens is 2. The number of nitrogens with one attached hydrogen (secondary N) is 1. The Labute approximate surface area is 188 Å². The predicted octanol–water partition coefficient (Wildman–Crippen LogP) is 5.20. The average Bonchev–Trinajstić information content (AvgIpc) is 3.37. The molecule has 1 amide bonds. The highest BCUT2D eigenvalue weighted by molar-refractivity contribution is 5.91. The number of amides is 1. The van der Waals surface area contributed by atoms with Gasteiger partial charge in [-0.2, -0.15) is 0 Å². The normalized spacial score (nSPS) is 11.9. The first-order chi connectivity index (χ1) is 15.6. The van der Waals surface area contributed by atoms with Crippen molar-refractivity contribution in [3.8, 4) is 11.6 Å². The van der Waals surface area contributed by atoms with Crippen molar-refractivity contribution < 1.29 is 9.21 Å². The molecule has 1 atom stereocenters. The second-order valence-corrected chi connectivity index (χ2v) is 7.90. The Morgan fingerprint density at radius 2 is 1.81 bits per heavy atom. The molecule has 0 saturated carbocycles. The number of para-hydroxylation sites is 1. The van der Waals surface area contributed by atoms with Crippen LogP contribution in [0.3, 0.4) is 0 Å². The molecule has 2 aromatic carbocycles. The number of benzene rings is 2. The number of carbonyl (C=O) groups excluding carboxylic acids is 1. The third-order valence-corrected chi connectivity index (χ3v) is 5.47. The molecule has 0 spiro atoms. The molecule has 0 aliphatic carbocycles. The minimum absolute atomic E-state index is 0.0435. The fourth-order valence-corrected chi connectivity index (χ4v) is 3.57. The minimum Gasteiger partial charge on any atom is -0.461 e. The lowest BCUT2D eigenvalue weighted by atomic mass is 10.1. The van der Waals surface area contributed by atoms with Gasteiger partial charge < -0.3 is 14.6 Å². The predicted molar refractivity (Wildman–Crippen MR) is 127 cm³/mol. The van der Waals surface area contributed by atoms with E-state index in [0.717, 1.165) is 28.7 Å². The first-order valence-electron chi connectivity index (χ1n) is 11.0. The van der Waals surface area contributed by atoms with Crippen LogP contribution in [0, 0.1) is 0 Å². The van der Waals surface area contributed by atoms with Gasteiger partial charge in [0.05, 0.1) is 11.8 Å². The van der Waals surface area contributed by atoms with Crippen LogP contribution in [0.1, 0.15) is 32.3 Å². The molecule has 2 aromatic heterocycles. The fourth-order valence-electron chi connectivity index (χ4n) is 3.57. The Bertz CT molecular complexity index is 1160. The molecular weight excluding hydrogens is 400 g/mol. The summed E-state index contributed by atoms with van der Waals surface area (Å²) in [5, 5.41) is 4.00. The van der Waals surface area contributed by atoms with Crippen LogP contribution < -0.4 is 10.2 Å². The molecule has 0 aliphatic rings. The largest absolute Gasteiger partial charge is 0.461 e. The summed E-state index contributed by atoms with van der Waals surface area (Å²) in [5.41, 5.74) is 1.99. The van der Waals surface area contributed by atoms with Gasteiger partial charge in [-0.3, -0.25) is 4.79 Å². The molecule has 6 nitrogen and oxygen atoms in total. The van der Waals surface area contributed by atoms with Crippen molar-refractivity contribution in [3.05, 3.63) is 78.6 Å². The average molecular weight is 429 g/mol. The van der Waals surface area contributed by atoms with Crippen molar-refractivity contribution in [1.29, 1.82) is 0 Å². The number of furan rings is 1. The molecule has 32 heavy (non-hydrogen) atoms. The SMILES string of the molecule is CCC(C)NC(=O)CCN(Cc1ccccc1)c1nc(-c2ccco2)nc2ccccc12. The molecule has 0 fully saturated rings. The summed E-state index contributed by atoms with van der Waals surface area (Å²) in [6.07, 6.45) is 2.91. The van der Waals surface area contributed by atoms with Crippen LogP contribution in [0.5, 0.6) is 0 Å². The van der Waals surface area contributed by atoms with Gasteiger partial charge in [0.2, 0.25) is 5.91 Å². The number of anilines is 1. The van der Waals surface area contributed by atoms with E-state index in [-0.39, 0.29) is 11.9 Å². The standard InChI is InChI=1S/C26H28N4O2/c1-3-19(2)27-24(31)15-16-30(18-20-10-5-4-6-11-20)26-21-12-7-8-13-22(21)28-25(29-26)23-14-9-17-32-23/h4-14,17,19H,3,15-16,18H2,1-2H3,(H,27,31). The van der Waals surface area contributed by atoms with E-state index in [2.05, 4.69) is 29.3 Å². The van der Waals surface area contributed by atoms with Crippen LogP contribution >= 0.6 is 0 Å². The Balaban J connectivity index is 1.71. The van der Waals surface area contributed by atoms with E-state index in [1.54, 1.807) is 6.26 Å². The van der Waals surface area contributed by atoms with Gasteiger partial charge in [0, 0.05) is 30.9 Å². The maximum Gasteiger partial charge on any atom is 0.221 e. The third-order valence-electron chi connectivity index (χ3n) is 5.47. The maximum atomic E-state index is 12.5. The zero-order valence-electron chi connectivity index (χ0n) is 18.5. The number of nitrogens with zero attached hydrogens (tertiary/aromatic N) is 3. The van der Waals surface area contributed by atoms with Crippen molar-refractivity contribution >= 4 is 22.6 Å². The molecule has 0 saturated heterocycles. The topological polar surface area (TPSA) is 71.3 Å². The minimum atomic E-state index is 0.0435. The highest BCUT2D eigenvalue weighted by Crippen LogP contribution is 2.29. The number of carbonyl (C=O) groups is 1. The number of fused-ring (bicyclic) bond motifs is 1. The van der Waals surface area contributed by atoms with Crippen LogP contribution in [0.15, 0.2) is 77.4 Å². The molecule has 0 aliphatic heterocycles. The van der Waals surface area contributed by atoms with Crippen molar-refractivity contribution in [1.82, 2.24) is 15.3 Å². The van der Waals surface area contributed by atoms with Crippen LogP contribution in [0.4, 0.5) is 5.82 Å². The Morgan fingerprint density at radius 3 is 2.56 bits per heavy atom. The van der Waals surface area contributed by atoms with E-state index in [0.29, 0.717) is 31.1 Å². The van der Waals surface area contributed by atoms with E-state index >= 15 is 0 Å². The van der Waals surface area contributed by atoms with Gasteiger partial charge in [-0.1, -0.05) is 49.4 Å². The second-order valence-electron chi connectivity index (χ2n) is 7.90. The van der Waals surface area contributed by atoms with Gasteiger partial charge in [0.25, 0.3) is 0 Å². The first kappa shape index (κ1) is 21.6. The Morgan fingerprint density at radius 1 is 1.03 bits per heavy atom. The van der Waals surface area contributed by atoms with Crippen LogP contribution in [0.2, 0.25) is 0 Å². The Hall–Kier alpha value is -3.67. The van der Waals surface area contributed by atoms with Gasteiger partial charge >= 0.3 is 0 Å². The summed E-state index contributed by atoms with van der Waals surface area (Å²) in [7, 11) is 0. The highest BCUT2D eigenvalue weighted by Gasteiger charge is 2.18. The van der Waals surface area contributed by atoms with Crippen LogP contribution in [-0.4, -0.2) is 28.5 Å². The Kier molecular flexibility index (Phi) is 6.80. The maximum absolute atomic E-state index is 12.5. The number of rotatable bonds is 9. The summed E-state index contributed by atoms with van der Waals surface area (Å²) < 4.78 is 5.57.